The molecule has 0 aliphatic heterocycles. The molecule has 14 nitrogen and oxygen atoms in total. The maximum absolute atomic E-state index is 12.7. The summed E-state index contributed by atoms with van der Waals surface area (Å²) in [5.74, 6) is -1.40. The Morgan fingerprint density at radius 2 is 1.00 bits per heavy atom. The maximum Gasteiger partial charge on any atom is 1.00 e. The Balaban J connectivity index is 0.00000102. The number of carbonyl (C=O) groups excluding carboxylic acids is 4. The number of anilines is 1. The van der Waals surface area contributed by atoms with E-state index in [2.05, 4.69) is 23.4 Å². The first-order valence-corrected chi connectivity index (χ1v) is 19.5. The van der Waals surface area contributed by atoms with Crippen molar-refractivity contribution < 1.29 is 69.2 Å². The normalized spacial score (nSPS) is 9.64. The summed E-state index contributed by atoms with van der Waals surface area (Å²) in [6.07, 6.45) is 2.29. The number of nitrogens with zero attached hydrogens (tertiary/aromatic N) is 3. The van der Waals surface area contributed by atoms with E-state index in [1.165, 1.54) is 18.2 Å². The number of azo groups is 1. The second kappa shape index (κ2) is 30.8. The van der Waals surface area contributed by atoms with Crippen LogP contribution in [0.15, 0.2) is 179 Å². The van der Waals surface area contributed by atoms with Gasteiger partial charge in [0.15, 0.2) is 23.1 Å². The molecule has 6 rings (SSSR count). The molecule has 0 fully saturated rings. The van der Waals surface area contributed by atoms with Crippen LogP contribution in [0, 0.1) is 10.1 Å². The number of aryl methyl sites for hydroxylation is 2. The molecule has 344 valence electrons. The molecule has 6 N–H and O–H groups in total. The number of ketones is 4. The molecule has 0 atom stereocenters. The van der Waals surface area contributed by atoms with E-state index in [0.717, 1.165) is 40.7 Å². The molecular formula is C51H52ClN4NaO10. The Morgan fingerprint density at radius 3 is 1.43 bits per heavy atom. The number of nitrogen functional groups attached to an aromatic ring is 1. The fourth-order valence-corrected chi connectivity index (χ4v) is 5.50. The van der Waals surface area contributed by atoms with Crippen molar-refractivity contribution in [2.24, 2.45) is 15.6 Å². The van der Waals surface area contributed by atoms with E-state index >= 15 is 0 Å². The number of aromatic hydroxyl groups is 4. The predicted molar refractivity (Wildman–Crippen MR) is 260 cm³/mol. The molecule has 0 saturated carbocycles. The van der Waals surface area contributed by atoms with Gasteiger partial charge in [0, 0.05) is 41.8 Å². The number of Topliss-reactive ketones (excluding diaryl/α,β-unsaturated/α-hetero) is 2. The molecule has 0 unspecified atom stereocenters. The van der Waals surface area contributed by atoms with Crippen molar-refractivity contribution in [3.05, 3.63) is 207 Å². The number of allylic oxidation sites excluding steroid dienone is 2. The quantitative estimate of drug-likeness (QED) is 0.0131. The molecule has 6 aromatic rings. The summed E-state index contributed by atoms with van der Waals surface area (Å²) in [6.45, 7) is 10.7. The zero-order chi connectivity index (χ0) is 47.2. The third kappa shape index (κ3) is 20.2. The average molecular weight is 939 g/mol. The molecule has 16 heteroatoms. The van der Waals surface area contributed by atoms with Gasteiger partial charge in [0.25, 0.3) is 0 Å². The first kappa shape index (κ1) is 59.8. The molecule has 0 spiro atoms. The first-order chi connectivity index (χ1) is 30.5. The standard InChI is InChI=1S/C25H22N2O4.C13H10O3.C12H15NO.CH4.ClH.HNO2.Na/c1-16(2)22(28)13-10-17-8-11-19(12-9-17)26-27-21-14-20(23(29)15-24(21)30)25(31)18-6-4-3-5-7-18;14-10-6-7-11(12(15)8-10)13(16)9-4-2-1-3-5-9;1-9(2)12(14)8-5-10-3-6-11(13)7-4-10;;;2-1-3;/h3-9,11-12,14-15,29-30H,1,10,13H2,2H3;1-8,14-15H;3-4,6-7H,1,5,8,13H2,2H3;1H4;1H;(H,2,3);/q;;;;;;+1/p-1. The topological polar surface area (TPSA) is 252 Å². The molecule has 0 aliphatic rings. The Labute approximate surface area is 417 Å². The van der Waals surface area contributed by atoms with Gasteiger partial charge in [0.2, 0.25) is 0 Å². The third-order valence-corrected chi connectivity index (χ3v) is 9.06. The van der Waals surface area contributed by atoms with Gasteiger partial charge in [-0.2, -0.15) is 5.11 Å². The van der Waals surface area contributed by atoms with Crippen LogP contribution in [-0.4, -0.2) is 43.6 Å². The van der Waals surface area contributed by atoms with Crippen LogP contribution in [0.4, 0.5) is 17.1 Å². The molecule has 6 aromatic carbocycles. The summed E-state index contributed by atoms with van der Waals surface area (Å²) in [4.78, 5) is 55.5. The fourth-order valence-electron chi connectivity index (χ4n) is 5.50. The van der Waals surface area contributed by atoms with E-state index in [1.807, 2.05) is 42.5 Å². The van der Waals surface area contributed by atoms with Crippen LogP contribution in [0.2, 0.25) is 0 Å². The Bertz CT molecular complexity index is 2610. The van der Waals surface area contributed by atoms with Crippen LogP contribution in [-0.2, 0) is 22.4 Å². The summed E-state index contributed by atoms with van der Waals surface area (Å²) in [7, 11) is 0. The zero-order valence-corrected chi connectivity index (χ0v) is 39.4. The Hall–Kier alpha value is -7.23. The number of hydrogen-bond acceptors (Lipinski definition) is 14. The molecule has 0 aliphatic carbocycles. The van der Waals surface area contributed by atoms with E-state index < -0.39 is 0 Å². The summed E-state index contributed by atoms with van der Waals surface area (Å²) in [6, 6.07) is 38.3. The van der Waals surface area contributed by atoms with Crippen LogP contribution in [0.1, 0.15) is 77.1 Å². The number of phenolic OH excluding ortho intramolecular Hbond substituents is 4. The summed E-state index contributed by atoms with van der Waals surface area (Å²) in [5, 5.41) is 56.0. The minimum absolute atomic E-state index is 0. The van der Waals surface area contributed by atoms with Crippen LogP contribution in [0.3, 0.4) is 0 Å². The van der Waals surface area contributed by atoms with Crippen molar-refractivity contribution in [2.45, 2.75) is 47.0 Å². The van der Waals surface area contributed by atoms with Crippen LogP contribution in [0.25, 0.3) is 0 Å². The van der Waals surface area contributed by atoms with Gasteiger partial charge in [-0.1, -0.05) is 106 Å². The van der Waals surface area contributed by atoms with Crippen molar-refractivity contribution >= 4 is 52.6 Å². The number of phenols is 4. The van der Waals surface area contributed by atoms with E-state index in [1.54, 1.807) is 80.6 Å². The second-order valence-electron chi connectivity index (χ2n) is 14.0. The minimum atomic E-state index is -0.386. The molecule has 0 bridgehead atoms. The summed E-state index contributed by atoms with van der Waals surface area (Å²) in [5.41, 5.74) is 11.3. The minimum Gasteiger partial charge on any atom is -0.508 e. The van der Waals surface area contributed by atoms with Crippen molar-refractivity contribution in [2.75, 3.05) is 5.73 Å². The van der Waals surface area contributed by atoms with Gasteiger partial charge < -0.3 is 36.3 Å². The Kier molecular flexibility index (Phi) is 27.5. The number of benzene rings is 6. The van der Waals surface area contributed by atoms with E-state index in [4.69, 9.17) is 21.0 Å². The van der Waals surface area contributed by atoms with Gasteiger partial charge >= 0.3 is 29.6 Å². The number of hydrogen-bond donors (Lipinski definition) is 5. The van der Waals surface area contributed by atoms with Crippen molar-refractivity contribution in [3.8, 4) is 23.0 Å². The van der Waals surface area contributed by atoms with Gasteiger partial charge in [-0.25, -0.2) is 0 Å². The predicted octanol–water partition coefficient (Wildman–Crippen LogP) is 8.81. The molecule has 0 amide bonds. The van der Waals surface area contributed by atoms with E-state index in [-0.39, 0.29) is 112 Å². The van der Waals surface area contributed by atoms with Crippen molar-refractivity contribution in [1.29, 1.82) is 0 Å². The summed E-state index contributed by atoms with van der Waals surface area (Å²) >= 11 is 0. The first-order valence-electron chi connectivity index (χ1n) is 19.5. The Morgan fingerprint density at radius 1 is 0.582 bits per heavy atom. The van der Waals surface area contributed by atoms with Gasteiger partial charge in [-0.05, 0) is 91.4 Å². The summed E-state index contributed by atoms with van der Waals surface area (Å²) < 4.78 is 0. The molecule has 0 heterocycles. The molecule has 67 heavy (non-hydrogen) atoms. The number of carbonyl (C=O) groups is 4. The van der Waals surface area contributed by atoms with Gasteiger partial charge in [-0.15, -0.1) is 22.9 Å². The zero-order valence-electron chi connectivity index (χ0n) is 36.6. The number of nitrogens with two attached hydrogens (primary N) is 1. The monoisotopic (exact) mass is 938 g/mol. The largest absolute Gasteiger partial charge is 1.00 e. The fraction of sp³-hybridized carbons (Fsp3) is 0.137. The third-order valence-electron chi connectivity index (χ3n) is 9.06. The van der Waals surface area contributed by atoms with Gasteiger partial charge in [0.05, 0.1) is 16.8 Å². The molecule has 0 aromatic heterocycles. The van der Waals surface area contributed by atoms with Crippen LogP contribution >= 0.6 is 12.4 Å². The van der Waals surface area contributed by atoms with Crippen molar-refractivity contribution in [1.82, 2.24) is 0 Å². The van der Waals surface area contributed by atoms with E-state index in [0.29, 0.717) is 47.2 Å². The molecular weight excluding hydrogens is 887 g/mol. The number of halogens is 1. The molecule has 0 saturated heterocycles. The smallest absolute Gasteiger partial charge is 0.508 e. The van der Waals surface area contributed by atoms with E-state index in [9.17, 15) is 34.5 Å². The molecule has 0 radical (unpaired) electrons. The van der Waals surface area contributed by atoms with Gasteiger partial charge in [-0.3, -0.25) is 19.2 Å². The maximum atomic E-state index is 12.7. The van der Waals surface area contributed by atoms with Crippen LogP contribution < -0.4 is 35.3 Å². The second-order valence-corrected chi connectivity index (χ2v) is 14.0. The SMILES string of the molecule is C.C=C(C)C(=O)CCc1ccc(N)cc1.C=C(C)C(=O)CCc1ccc(N=Nc2cc(C(=O)c3ccccc3)c(O)cc2O)cc1.Cl.O=C(c1ccccc1)c1ccc(O)cc1O.O=N[O-].[Na+]. The van der Waals surface area contributed by atoms with Crippen molar-refractivity contribution in [3.63, 3.8) is 0 Å². The van der Waals surface area contributed by atoms with Gasteiger partial charge in [0.1, 0.15) is 28.7 Å². The van der Waals surface area contributed by atoms with Crippen LogP contribution in [0.5, 0.6) is 23.0 Å². The average Bonchev–Trinajstić information content (AvgIpc) is 3.28. The number of rotatable bonds is 14.